The van der Waals surface area contributed by atoms with Crippen LogP contribution >= 0.6 is 11.8 Å². The molecule has 1 aromatic heterocycles. The van der Waals surface area contributed by atoms with Crippen molar-refractivity contribution in [2.24, 2.45) is 11.8 Å². The van der Waals surface area contributed by atoms with E-state index in [1.165, 1.54) is 24.8 Å². The minimum absolute atomic E-state index is 0.104. The van der Waals surface area contributed by atoms with Crippen LogP contribution < -0.4 is 4.90 Å². The van der Waals surface area contributed by atoms with Gasteiger partial charge in [0.1, 0.15) is 11.6 Å². The van der Waals surface area contributed by atoms with Gasteiger partial charge in [-0.3, -0.25) is 4.79 Å². The molecule has 3 nitrogen and oxygen atoms in total. The van der Waals surface area contributed by atoms with Crippen LogP contribution in [-0.2, 0) is 4.79 Å². The van der Waals surface area contributed by atoms with Gasteiger partial charge in [0.2, 0.25) is 0 Å². The largest absolute Gasteiger partial charge is 0.357 e. The van der Waals surface area contributed by atoms with Crippen molar-refractivity contribution in [3.63, 3.8) is 0 Å². The third-order valence-electron chi connectivity index (χ3n) is 4.48. The standard InChI is InChI=1S/C20H32N2OS/c1-15(2)14-24-19(12-18(23)16(3)4)17-8-9-20(21-13-17)22-10-6-5-7-11-22/h8-9,13,15-16,19H,5-7,10-12,14H2,1-4H3. The van der Waals surface area contributed by atoms with Crippen molar-refractivity contribution in [1.82, 2.24) is 4.98 Å². The molecular formula is C20H32N2OS. The van der Waals surface area contributed by atoms with Crippen LogP contribution in [-0.4, -0.2) is 29.6 Å². The van der Waals surface area contributed by atoms with Gasteiger partial charge in [-0.1, -0.05) is 33.8 Å². The third-order valence-corrected chi connectivity index (χ3v) is 6.18. The maximum atomic E-state index is 12.2. The Morgan fingerprint density at radius 2 is 1.88 bits per heavy atom. The van der Waals surface area contributed by atoms with Crippen molar-refractivity contribution in [2.45, 2.75) is 58.6 Å². The number of pyridine rings is 1. The van der Waals surface area contributed by atoms with Gasteiger partial charge in [0.15, 0.2) is 0 Å². The Morgan fingerprint density at radius 1 is 1.17 bits per heavy atom. The molecule has 0 aromatic carbocycles. The third kappa shape index (κ3) is 5.80. The molecule has 24 heavy (non-hydrogen) atoms. The van der Waals surface area contributed by atoms with Crippen LogP contribution in [0.1, 0.15) is 64.2 Å². The number of piperidine rings is 1. The first kappa shape index (κ1) is 19.3. The maximum Gasteiger partial charge on any atom is 0.136 e. The number of anilines is 1. The van der Waals surface area contributed by atoms with Gasteiger partial charge in [0, 0.05) is 36.9 Å². The summed E-state index contributed by atoms with van der Waals surface area (Å²) >= 11 is 1.90. The molecule has 1 aliphatic rings. The number of hydrogen-bond acceptors (Lipinski definition) is 4. The molecule has 2 heterocycles. The Bertz CT molecular complexity index is 507. The molecule has 0 saturated carbocycles. The molecular weight excluding hydrogens is 316 g/mol. The zero-order valence-electron chi connectivity index (χ0n) is 15.6. The monoisotopic (exact) mass is 348 g/mol. The van der Waals surface area contributed by atoms with Crippen LogP contribution in [0.3, 0.4) is 0 Å². The predicted molar refractivity (Wildman–Crippen MR) is 105 cm³/mol. The van der Waals surface area contributed by atoms with E-state index in [-0.39, 0.29) is 11.2 Å². The summed E-state index contributed by atoms with van der Waals surface area (Å²) in [6.07, 6.45) is 6.47. The molecule has 1 fully saturated rings. The molecule has 2 rings (SSSR count). The fourth-order valence-corrected chi connectivity index (χ4v) is 4.13. The van der Waals surface area contributed by atoms with Gasteiger partial charge in [0.25, 0.3) is 0 Å². The van der Waals surface area contributed by atoms with E-state index in [9.17, 15) is 4.79 Å². The lowest BCUT2D eigenvalue weighted by Gasteiger charge is -2.28. The highest BCUT2D eigenvalue weighted by Gasteiger charge is 2.20. The van der Waals surface area contributed by atoms with E-state index >= 15 is 0 Å². The van der Waals surface area contributed by atoms with Gasteiger partial charge >= 0.3 is 0 Å². The number of hydrogen-bond donors (Lipinski definition) is 0. The van der Waals surface area contributed by atoms with Crippen LogP contribution in [0.5, 0.6) is 0 Å². The molecule has 0 bridgehead atoms. The second-order valence-corrected chi connectivity index (χ2v) is 8.77. The van der Waals surface area contributed by atoms with Gasteiger partial charge in [-0.05, 0) is 42.6 Å². The van der Waals surface area contributed by atoms with Crippen LogP contribution in [0.4, 0.5) is 5.82 Å². The van der Waals surface area contributed by atoms with Crippen molar-refractivity contribution >= 4 is 23.4 Å². The minimum atomic E-state index is 0.104. The highest BCUT2D eigenvalue weighted by molar-refractivity contribution is 7.99. The number of aromatic nitrogens is 1. The zero-order chi connectivity index (χ0) is 17.5. The second-order valence-electron chi connectivity index (χ2n) is 7.54. The van der Waals surface area contributed by atoms with Crippen LogP contribution in [0, 0.1) is 11.8 Å². The second kappa shape index (κ2) is 9.45. The zero-order valence-corrected chi connectivity index (χ0v) is 16.4. The van der Waals surface area contributed by atoms with Crippen molar-refractivity contribution < 1.29 is 4.79 Å². The minimum Gasteiger partial charge on any atom is -0.357 e. The number of thioether (sulfide) groups is 1. The molecule has 134 valence electrons. The normalized spacial score (nSPS) is 16.7. The van der Waals surface area contributed by atoms with E-state index in [4.69, 9.17) is 4.98 Å². The summed E-state index contributed by atoms with van der Waals surface area (Å²) in [7, 11) is 0. The topological polar surface area (TPSA) is 33.2 Å². The number of rotatable bonds is 8. The molecule has 0 radical (unpaired) electrons. The van der Waals surface area contributed by atoms with E-state index in [0.717, 1.165) is 24.7 Å². The summed E-state index contributed by atoms with van der Waals surface area (Å²) in [6.45, 7) is 10.7. The van der Waals surface area contributed by atoms with E-state index in [1.807, 2.05) is 31.8 Å². The first-order valence-electron chi connectivity index (χ1n) is 9.32. The molecule has 1 unspecified atom stereocenters. The summed E-state index contributed by atoms with van der Waals surface area (Å²) in [4.78, 5) is 19.3. The van der Waals surface area contributed by atoms with E-state index in [0.29, 0.717) is 18.1 Å². The van der Waals surface area contributed by atoms with Crippen molar-refractivity contribution in [3.05, 3.63) is 23.9 Å². The van der Waals surface area contributed by atoms with Gasteiger partial charge in [0.05, 0.1) is 0 Å². The van der Waals surface area contributed by atoms with Crippen LogP contribution in [0.2, 0.25) is 0 Å². The van der Waals surface area contributed by atoms with Gasteiger partial charge in [-0.15, -0.1) is 0 Å². The molecule has 0 spiro atoms. The van der Waals surface area contributed by atoms with E-state index in [1.54, 1.807) is 0 Å². The van der Waals surface area contributed by atoms with E-state index in [2.05, 4.69) is 30.9 Å². The Labute approximate surface area is 151 Å². The Morgan fingerprint density at radius 3 is 2.42 bits per heavy atom. The fourth-order valence-electron chi connectivity index (χ4n) is 2.90. The SMILES string of the molecule is CC(C)CSC(CC(=O)C(C)C)c1ccc(N2CCCCC2)nc1. The molecule has 4 heteroatoms. The fraction of sp³-hybridized carbons (Fsp3) is 0.700. The van der Waals surface area contributed by atoms with Crippen LogP contribution in [0.25, 0.3) is 0 Å². The van der Waals surface area contributed by atoms with Crippen LogP contribution in [0.15, 0.2) is 18.3 Å². The number of Topliss-reactive ketones (excluding diaryl/α,β-unsaturated/α-hetero) is 1. The lowest BCUT2D eigenvalue weighted by Crippen LogP contribution is -2.30. The van der Waals surface area contributed by atoms with E-state index < -0.39 is 0 Å². The summed E-state index contributed by atoms with van der Waals surface area (Å²) in [5.41, 5.74) is 1.19. The molecule has 1 atom stereocenters. The van der Waals surface area contributed by atoms with Crippen molar-refractivity contribution in [2.75, 3.05) is 23.7 Å². The first-order chi connectivity index (χ1) is 11.5. The summed E-state index contributed by atoms with van der Waals surface area (Å²) in [6, 6.07) is 4.33. The smallest absolute Gasteiger partial charge is 0.136 e. The summed E-state index contributed by atoms with van der Waals surface area (Å²) in [5.74, 6) is 3.24. The molecule has 0 amide bonds. The average Bonchev–Trinajstić information content (AvgIpc) is 2.59. The molecule has 1 aromatic rings. The summed E-state index contributed by atoms with van der Waals surface area (Å²) in [5, 5.41) is 0.227. The molecule has 0 N–H and O–H groups in total. The molecule has 0 aliphatic carbocycles. The van der Waals surface area contributed by atoms with Gasteiger partial charge < -0.3 is 4.90 Å². The van der Waals surface area contributed by atoms with Gasteiger partial charge in [-0.2, -0.15) is 11.8 Å². The number of nitrogens with zero attached hydrogens (tertiary/aromatic N) is 2. The Kier molecular flexibility index (Phi) is 7.60. The molecule has 1 saturated heterocycles. The first-order valence-corrected chi connectivity index (χ1v) is 10.4. The van der Waals surface area contributed by atoms with Gasteiger partial charge in [-0.25, -0.2) is 4.98 Å². The maximum absolute atomic E-state index is 12.2. The van der Waals surface area contributed by atoms with Crippen molar-refractivity contribution in [3.8, 4) is 0 Å². The lowest BCUT2D eigenvalue weighted by molar-refractivity contribution is -0.121. The quantitative estimate of drug-likeness (QED) is 0.653. The lowest BCUT2D eigenvalue weighted by atomic mass is 10.0. The number of carbonyl (C=O) groups excluding carboxylic acids is 1. The summed E-state index contributed by atoms with van der Waals surface area (Å²) < 4.78 is 0. The average molecular weight is 349 g/mol. The number of ketones is 1. The predicted octanol–water partition coefficient (Wildman–Crippen LogP) is 5.12. The highest BCUT2D eigenvalue weighted by atomic mass is 32.2. The Hall–Kier alpha value is -1.03. The Balaban J connectivity index is 2.07. The highest BCUT2D eigenvalue weighted by Crippen LogP contribution is 2.34. The molecule has 1 aliphatic heterocycles. The van der Waals surface area contributed by atoms with Crippen molar-refractivity contribution in [1.29, 1.82) is 0 Å². The number of carbonyl (C=O) groups is 1.